The summed E-state index contributed by atoms with van der Waals surface area (Å²) in [6.45, 7) is 2.88. The van der Waals surface area contributed by atoms with Crippen molar-refractivity contribution in [1.82, 2.24) is 15.5 Å². The molecule has 2 aromatic rings. The number of rotatable bonds is 6. The first-order valence-corrected chi connectivity index (χ1v) is 10.4. The molecule has 1 amide bonds. The number of amides is 1. The van der Waals surface area contributed by atoms with Gasteiger partial charge in [0.15, 0.2) is 5.96 Å². The van der Waals surface area contributed by atoms with E-state index in [0.717, 1.165) is 37.5 Å². The van der Waals surface area contributed by atoms with Gasteiger partial charge in [0.25, 0.3) is 0 Å². The predicted molar refractivity (Wildman–Crippen MR) is 113 cm³/mol. The van der Waals surface area contributed by atoms with Gasteiger partial charge >= 0.3 is 0 Å². The number of carbonyl (C=O) groups is 1. The molecule has 27 heavy (non-hydrogen) atoms. The highest BCUT2D eigenvalue weighted by Gasteiger charge is 2.20. The van der Waals surface area contributed by atoms with Crippen LogP contribution in [0.1, 0.15) is 22.4 Å². The summed E-state index contributed by atoms with van der Waals surface area (Å²) in [6.07, 6.45) is 2.30. The lowest BCUT2D eigenvalue weighted by Crippen LogP contribution is -2.41. The van der Waals surface area contributed by atoms with Gasteiger partial charge in [-0.25, -0.2) is 0 Å². The number of hydrogen-bond acceptors (Lipinski definition) is 3. The van der Waals surface area contributed by atoms with E-state index in [2.05, 4.69) is 33.1 Å². The van der Waals surface area contributed by atoms with Crippen LogP contribution in [0.5, 0.6) is 0 Å². The van der Waals surface area contributed by atoms with Crippen LogP contribution in [0, 0.1) is 0 Å². The highest BCUT2D eigenvalue weighted by atomic mass is 35.5. The molecule has 0 radical (unpaired) electrons. The van der Waals surface area contributed by atoms with E-state index in [1.807, 2.05) is 23.1 Å². The Balaban J connectivity index is 1.36. The fraction of sp³-hybridized carbons (Fsp3) is 0.400. The van der Waals surface area contributed by atoms with E-state index in [1.54, 1.807) is 18.4 Å². The van der Waals surface area contributed by atoms with Crippen molar-refractivity contribution < 1.29 is 4.79 Å². The minimum absolute atomic E-state index is 0.189. The van der Waals surface area contributed by atoms with Crippen molar-refractivity contribution in [1.29, 1.82) is 0 Å². The summed E-state index contributed by atoms with van der Waals surface area (Å²) in [7, 11) is 1.74. The molecule has 1 aromatic carbocycles. The monoisotopic (exact) mass is 404 g/mol. The topological polar surface area (TPSA) is 56.7 Å². The molecular formula is C20H25ClN4OS. The van der Waals surface area contributed by atoms with Crippen molar-refractivity contribution in [2.75, 3.05) is 26.7 Å². The molecule has 1 aliphatic rings. The van der Waals surface area contributed by atoms with E-state index in [4.69, 9.17) is 11.6 Å². The van der Waals surface area contributed by atoms with Crippen molar-refractivity contribution in [3.63, 3.8) is 0 Å². The largest absolute Gasteiger partial charge is 0.356 e. The van der Waals surface area contributed by atoms with E-state index < -0.39 is 0 Å². The average molecular weight is 405 g/mol. The molecule has 0 spiro atoms. The Morgan fingerprint density at radius 1 is 1.30 bits per heavy atom. The molecule has 2 heterocycles. The van der Waals surface area contributed by atoms with Gasteiger partial charge in [0.05, 0.1) is 0 Å². The number of halogens is 1. The van der Waals surface area contributed by atoms with Crippen LogP contribution in [0.2, 0.25) is 5.02 Å². The molecule has 0 bridgehead atoms. The van der Waals surface area contributed by atoms with Gasteiger partial charge in [-0.05, 0) is 47.5 Å². The summed E-state index contributed by atoms with van der Waals surface area (Å²) in [6, 6.07) is 9.98. The number of guanidine groups is 1. The molecule has 0 saturated heterocycles. The predicted octanol–water partition coefficient (Wildman–Crippen LogP) is 3.08. The normalized spacial score (nSPS) is 14.0. The average Bonchev–Trinajstić information content (AvgIpc) is 3.14. The lowest BCUT2D eigenvalue weighted by molar-refractivity contribution is -0.131. The molecule has 0 fully saturated rings. The Kier molecular flexibility index (Phi) is 7.12. The molecule has 3 rings (SSSR count). The first-order valence-electron chi connectivity index (χ1n) is 9.17. The molecule has 0 atom stereocenters. The van der Waals surface area contributed by atoms with E-state index in [-0.39, 0.29) is 5.91 Å². The Labute approximate surface area is 169 Å². The van der Waals surface area contributed by atoms with E-state index in [9.17, 15) is 4.79 Å². The van der Waals surface area contributed by atoms with Gasteiger partial charge in [-0.3, -0.25) is 9.79 Å². The third-order valence-electron chi connectivity index (χ3n) is 4.61. The summed E-state index contributed by atoms with van der Waals surface area (Å²) in [5, 5.41) is 9.35. The molecular weight excluding hydrogens is 380 g/mol. The zero-order chi connectivity index (χ0) is 19.1. The molecule has 1 aliphatic heterocycles. The second-order valence-electron chi connectivity index (χ2n) is 6.49. The number of nitrogens with one attached hydrogen (secondary N) is 2. The van der Waals surface area contributed by atoms with Crippen LogP contribution in [-0.2, 0) is 24.2 Å². The van der Waals surface area contributed by atoms with Gasteiger partial charge < -0.3 is 15.5 Å². The van der Waals surface area contributed by atoms with Crippen molar-refractivity contribution in [3.05, 3.63) is 56.7 Å². The SMILES string of the molecule is CN=C(NCCC(=O)N1CCc2sccc2C1)NCCc1cccc(Cl)c1. The molecule has 2 N–H and O–H groups in total. The zero-order valence-corrected chi connectivity index (χ0v) is 17.1. The number of aliphatic imine (C=N–C) groups is 1. The zero-order valence-electron chi connectivity index (χ0n) is 15.5. The van der Waals surface area contributed by atoms with E-state index in [0.29, 0.717) is 18.9 Å². The van der Waals surface area contributed by atoms with Gasteiger partial charge in [0.2, 0.25) is 5.91 Å². The van der Waals surface area contributed by atoms with Crippen molar-refractivity contribution >= 4 is 34.8 Å². The first kappa shape index (κ1) is 19.7. The number of nitrogens with zero attached hydrogens (tertiary/aromatic N) is 2. The Morgan fingerprint density at radius 2 is 2.15 bits per heavy atom. The van der Waals surface area contributed by atoms with Crippen molar-refractivity contribution in [3.8, 4) is 0 Å². The Morgan fingerprint density at radius 3 is 2.96 bits per heavy atom. The fourth-order valence-electron chi connectivity index (χ4n) is 3.15. The van der Waals surface area contributed by atoms with Crippen molar-refractivity contribution in [2.24, 2.45) is 4.99 Å². The van der Waals surface area contributed by atoms with Crippen LogP contribution in [0.3, 0.4) is 0 Å². The molecule has 1 aromatic heterocycles. The van der Waals surface area contributed by atoms with Crippen LogP contribution in [0.4, 0.5) is 0 Å². The van der Waals surface area contributed by atoms with Crippen LogP contribution < -0.4 is 10.6 Å². The van der Waals surface area contributed by atoms with Gasteiger partial charge in [-0.1, -0.05) is 23.7 Å². The second-order valence-corrected chi connectivity index (χ2v) is 7.93. The Bertz CT molecular complexity index is 805. The molecule has 7 heteroatoms. The third kappa shape index (κ3) is 5.71. The van der Waals surface area contributed by atoms with Crippen LogP contribution in [0.15, 0.2) is 40.7 Å². The molecule has 0 unspecified atom stereocenters. The number of benzene rings is 1. The Hall–Kier alpha value is -2.05. The van der Waals surface area contributed by atoms with Crippen LogP contribution >= 0.6 is 22.9 Å². The van der Waals surface area contributed by atoms with Gasteiger partial charge in [-0.2, -0.15) is 0 Å². The standard InChI is InChI=1S/C20H25ClN4OS/c1-22-20(23-9-5-15-3-2-4-17(21)13-15)24-10-6-19(26)25-11-7-18-16(14-25)8-12-27-18/h2-4,8,12-13H,5-7,9-11,14H2,1H3,(H2,22,23,24). The maximum Gasteiger partial charge on any atom is 0.224 e. The third-order valence-corrected chi connectivity index (χ3v) is 5.87. The van der Waals surface area contributed by atoms with Gasteiger partial charge in [0.1, 0.15) is 0 Å². The molecule has 0 saturated carbocycles. The van der Waals surface area contributed by atoms with E-state index >= 15 is 0 Å². The van der Waals surface area contributed by atoms with E-state index in [1.165, 1.54) is 16.0 Å². The first-order chi connectivity index (χ1) is 13.2. The van der Waals surface area contributed by atoms with Crippen LogP contribution in [0.25, 0.3) is 0 Å². The highest BCUT2D eigenvalue weighted by Crippen LogP contribution is 2.24. The summed E-state index contributed by atoms with van der Waals surface area (Å²) >= 11 is 7.79. The summed E-state index contributed by atoms with van der Waals surface area (Å²) in [5.74, 6) is 0.900. The minimum atomic E-state index is 0.189. The second kappa shape index (κ2) is 9.76. The quantitative estimate of drug-likeness (QED) is 0.574. The summed E-state index contributed by atoms with van der Waals surface area (Å²) in [5.41, 5.74) is 2.48. The molecule has 144 valence electrons. The number of thiophene rings is 1. The number of carbonyl (C=O) groups excluding carboxylic acids is 1. The maximum absolute atomic E-state index is 12.4. The lowest BCUT2D eigenvalue weighted by atomic mass is 10.1. The summed E-state index contributed by atoms with van der Waals surface area (Å²) < 4.78 is 0. The number of fused-ring (bicyclic) bond motifs is 1. The number of hydrogen-bond donors (Lipinski definition) is 2. The van der Waals surface area contributed by atoms with Gasteiger partial charge in [-0.15, -0.1) is 11.3 Å². The highest BCUT2D eigenvalue weighted by molar-refractivity contribution is 7.10. The lowest BCUT2D eigenvalue weighted by Gasteiger charge is -2.27. The van der Waals surface area contributed by atoms with Gasteiger partial charge in [0, 0.05) is 49.5 Å². The fourth-order valence-corrected chi connectivity index (χ4v) is 4.25. The molecule has 5 nitrogen and oxygen atoms in total. The summed E-state index contributed by atoms with van der Waals surface area (Å²) in [4.78, 5) is 20.0. The van der Waals surface area contributed by atoms with Crippen molar-refractivity contribution in [2.45, 2.75) is 25.8 Å². The maximum atomic E-state index is 12.4. The van der Waals surface area contributed by atoms with Crippen LogP contribution in [-0.4, -0.2) is 43.4 Å². The smallest absolute Gasteiger partial charge is 0.224 e. The minimum Gasteiger partial charge on any atom is -0.356 e. The molecule has 0 aliphatic carbocycles.